The van der Waals surface area contributed by atoms with Crippen LogP contribution in [0.1, 0.15) is 5.01 Å². The summed E-state index contributed by atoms with van der Waals surface area (Å²) in [6.45, 7) is 0.455. The molecule has 0 aliphatic carbocycles. The maximum absolute atomic E-state index is 5.63. The highest BCUT2D eigenvalue weighted by Crippen LogP contribution is 2.27. The molecule has 16 heavy (non-hydrogen) atoms. The van der Waals surface area contributed by atoms with Crippen LogP contribution in [0.3, 0.4) is 0 Å². The first-order chi connectivity index (χ1) is 7.79. The van der Waals surface area contributed by atoms with Crippen molar-refractivity contribution >= 4 is 27.3 Å². The van der Waals surface area contributed by atoms with E-state index >= 15 is 0 Å². The third-order valence-corrected chi connectivity index (χ3v) is 3.48. The summed E-state index contributed by atoms with van der Waals surface area (Å²) in [5, 5.41) is 2.86. The van der Waals surface area contributed by atoms with E-state index in [1.807, 2.05) is 29.6 Å². The van der Waals surface area contributed by atoms with Crippen LogP contribution < -0.4 is 9.47 Å². The van der Waals surface area contributed by atoms with Gasteiger partial charge in [0.25, 0.3) is 0 Å². The lowest BCUT2D eigenvalue weighted by Crippen LogP contribution is -1.96. The molecule has 1 aromatic carbocycles. The van der Waals surface area contributed by atoms with Gasteiger partial charge in [-0.15, -0.1) is 11.3 Å². The molecule has 0 N–H and O–H groups in total. The standard InChI is InChI=1S/C11H10BrNO2S/c1-14-8-4-2-3-5-9(8)15-6-11-13-10(12)7-16-11/h2-5,7H,6H2,1H3. The zero-order valence-electron chi connectivity index (χ0n) is 8.64. The van der Waals surface area contributed by atoms with Gasteiger partial charge in [-0.1, -0.05) is 12.1 Å². The molecule has 0 spiro atoms. The minimum atomic E-state index is 0.455. The molecule has 2 aromatic rings. The molecule has 1 heterocycles. The van der Waals surface area contributed by atoms with Crippen LogP contribution in [0.25, 0.3) is 0 Å². The zero-order chi connectivity index (χ0) is 11.4. The Kier molecular flexibility index (Phi) is 3.79. The van der Waals surface area contributed by atoms with Gasteiger partial charge in [0.15, 0.2) is 11.5 Å². The van der Waals surface area contributed by atoms with E-state index in [1.54, 1.807) is 18.4 Å². The first kappa shape index (κ1) is 11.4. The summed E-state index contributed by atoms with van der Waals surface area (Å²) in [6, 6.07) is 7.57. The highest BCUT2D eigenvalue weighted by atomic mass is 79.9. The molecule has 0 aliphatic heterocycles. The Hall–Kier alpha value is -1.07. The van der Waals surface area contributed by atoms with Crippen LogP contribution in [0.4, 0.5) is 0 Å². The topological polar surface area (TPSA) is 31.4 Å². The lowest BCUT2D eigenvalue weighted by molar-refractivity contribution is 0.284. The summed E-state index contributed by atoms with van der Waals surface area (Å²) in [5.74, 6) is 1.47. The normalized spacial score (nSPS) is 10.1. The quantitative estimate of drug-likeness (QED) is 0.866. The van der Waals surface area contributed by atoms with Crippen LogP contribution in [-0.4, -0.2) is 12.1 Å². The molecule has 0 fully saturated rings. The Balaban J connectivity index is 2.04. The summed E-state index contributed by atoms with van der Waals surface area (Å²) < 4.78 is 11.7. The van der Waals surface area contributed by atoms with Crippen molar-refractivity contribution in [3.8, 4) is 11.5 Å². The average Bonchev–Trinajstić information content (AvgIpc) is 2.73. The number of hydrogen-bond acceptors (Lipinski definition) is 4. The Labute approximate surface area is 106 Å². The molecule has 5 heteroatoms. The zero-order valence-corrected chi connectivity index (χ0v) is 11.0. The van der Waals surface area contributed by atoms with Crippen LogP contribution in [0.2, 0.25) is 0 Å². The van der Waals surface area contributed by atoms with E-state index in [4.69, 9.17) is 9.47 Å². The number of thiazole rings is 1. The molecule has 3 nitrogen and oxygen atoms in total. The second kappa shape index (κ2) is 5.32. The Morgan fingerprint density at radius 2 is 2.06 bits per heavy atom. The SMILES string of the molecule is COc1ccccc1OCc1nc(Br)cs1. The molecule has 0 aliphatic rings. The molecule has 0 saturated carbocycles. The number of ether oxygens (including phenoxy) is 2. The van der Waals surface area contributed by atoms with E-state index in [0.717, 1.165) is 21.1 Å². The van der Waals surface area contributed by atoms with Crippen molar-refractivity contribution in [3.63, 3.8) is 0 Å². The predicted molar refractivity (Wildman–Crippen MR) is 67.1 cm³/mol. The fraction of sp³-hybridized carbons (Fsp3) is 0.182. The van der Waals surface area contributed by atoms with Gasteiger partial charge in [-0.2, -0.15) is 0 Å². The molecule has 0 atom stereocenters. The number of hydrogen-bond donors (Lipinski definition) is 0. The van der Waals surface area contributed by atoms with Gasteiger partial charge < -0.3 is 9.47 Å². The van der Waals surface area contributed by atoms with Crippen LogP contribution in [-0.2, 0) is 6.61 Å². The highest BCUT2D eigenvalue weighted by molar-refractivity contribution is 9.10. The summed E-state index contributed by atoms with van der Waals surface area (Å²) in [7, 11) is 1.63. The molecule has 0 bridgehead atoms. The van der Waals surface area contributed by atoms with Gasteiger partial charge in [0, 0.05) is 5.38 Å². The third kappa shape index (κ3) is 2.74. The number of methoxy groups -OCH3 is 1. The van der Waals surface area contributed by atoms with Crippen molar-refractivity contribution in [3.05, 3.63) is 39.3 Å². The van der Waals surface area contributed by atoms with Crippen molar-refractivity contribution in [1.29, 1.82) is 0 Å². The van der Waals surface area contributed by atoms with Gasteiger partial charge in [0.1, 0.15) is 16.2 Å². The van der Waals surface area contributed by atoms with Crippen LogP contribution >= 0.6 is 27.3 Å². The van der Waals surface area contributed by atoms with Crippen molar-refractivity contribution in [1.82, 2.24) is 4.98 Å². The summed E-state index contributed by atoms with van der Waals surface area (Å²) in [6.07, 6.45) is 0. The fourth-order valence-corrected chi connectivity index (χ4v) is 2.41. The monoisotopic (exact) mass is 299 g/mol. The smallest absolute Gasteiger partial charge is 0.161 e. The van der Waals surface area contributed by atoms with Gasteiger partial charge in [-0.3, -0.25) is 0 Å². The van der Waals surface area contributed by atoms with Gasteiger partial charge in [0.2, 0.25) is 0 Å². The predicted octanol–water partition coefficient (Wildman–Crippen LogP) is 3.49. The van der Waals surface area contributed by atoms with Gasteiger partial charge in [-0.05, 0) is 28.1 Å². The van der Waals surface area contributed by atoms with Gasteiger partial charge in [-0.25, -0.2) is 4.98 Å². The Morgan fingerprint density at radius 3 is 2.69 bits per heavy atom. The first-order valence-electron chi connectivity index (χ1n) is 4.65. The summed E-state index contributed by atoms with van der Waals surface area (Å²) in [4.78, 5) is 4.25. The minimum absolute atomic E-state index is 0.455. The van der Waals surface area contributed by atoms with Gasteiger partial charge >= 0.3 is 0 Å². The Bertz CT molecular complexity index is 473. The average molecular weight is 300 g/mol. The molecular formula is C11H10BrNO2S. The molecule has 0 saturated heterocycles. The fourth-order valence-electron chi connectivity index (χ4n) is 1.23. The van der Waals surface area contributed by atoms with E-state index in [1.165, 1.54) is 0 Å². The highest BCUT2D eigenvalue weighted by Gasteiger charge is 2.04. The summed E-state index contributed by atoms with van der Waals surface area (Å²) >= 11 is 4.86. The first-order valence-corrected chi connectivity index (χ1v) is 6.32. The third-order valence-electron chi connectivity index (χ3n) is 1.94. The Morgan fingerprint density at radius 1 is 1.31 bits per heavy atom. The summed E-state index contributed by atoms with van der Waals surface area (Å²) in [5.41, 5.74) is 0. The van der Waals surface area contributed by atoms with E-state index in [2.05, 4.69) is 20.9 Å². The molecular weight excluding hydrogens is 290 g/mol. The number of para-hydroxylation sites is 2. The minimum Gasteiger partial charge on any atom is -0.493 e. The molecule has 1 aromatic heterocycles. The molecule has 0 radical (unpaired) electrons. The van der Waals surface area contributed by atoms with Crippen LogP contribution in [0.5, 0.6) is 11.5 Å². The number of halogens is 1. The number of nitrogens with zero attached hydrogens (tertiary/aromatic N) is 1. The van der Waals surface area contributed by atoms with E-state index in [-0.39, 0.29) is 0 Å². The van der Waals surface area contributed by atoms with Crippen molar-refractivity contribution < 1.29 is 9.47 Å². The molecule has 0 unspecified atom stereocenters. The lowest BCUT2D eigenvalue weighted by Gasteiger charge is -2.08. The molecule has 2 rings (SSSR count). The second-order valence-electron chi connectivity index (χ2n) is 3.00. The van der Waals surface area contributed by atoms with Gasteiger partial charge in [0.05, 0.1) is 7.11 Å². The lowest BCUT2D eigenvalue weighted by atomic mass is 10.3. The van der Waals surface area contributed by atoms with E-state index in [9.17, 15) is 0 Å². The van der Waals surface area contributed by atoms with E-state index < -0.39 is 0 Å². The molecule has 84 valence electrons. The number of rotatable bonds is 4. The van der Waals surface area contributed by atoms with Crippen LogP contribution in [0.15, 0.2) is 34.2 Å². The maximum atomic E-state index is 5.63. The second-order valence-corrected chi connectivity index (χ2v) is 4.76. The maximum Gasteiger partial charge on any atom is 0.161 e. The number of aromatic nitrogens is 1. The largest absolute Gasteiger partial charge is 0.493 e. The van der Waals surface area contributed by atoms with Crippen LogP contribution in [0, 0.1) is 0 Å². The van der Waals surface area contributed by atoms with Crippen molar-refractivity contribution in [2.24, 2.45) is 0 Å². The number of benzene rings is 1. The molecule has 0 amide bonds. The van der Waals surface area contributed by atoms with E-state index in [0.29, 0.717) is 6.61 Å². The van der Waals surface area contributed by atoms with Crippen molar-refractivity contribution in [2.45, 2.75) is 6.61 Å². The van der Waals surface area contributed by atoms with Crippen molar-refractivity contribution in [2.75, 3.05) is 7.11 Å².